The Morgan fingerprint density at radius 1 is 1.55 bits per heavy atom. The second-order valence-corrected chi connectivity index (χ2v) is 2.71. The Kier molecular flexibility index (Phi) is 2.49. The van der Waals surface area contributed by atoms with Crippen LogP contribution >= 0.6 is 11.6 Å². The van der Waals surface area contributed by atoms with Crippen LogP contribution in [-0.4, -0.2) is 6.21 Å². The summed E-state index contributed by atoms with van der Waals surface area (Å²) < 4.78 is 0. The molecule has 0 radical (unpaired) electrons. The van der Waals surface area contributed by atoms with E-state index >= 15 is 0 Å². The monoisotopic (exact) mass is 168 g/mol. The van der Waals surface area contributed by atoms with Crippen LogP contribution in [-0.2, 0) is 0 Å². The molecule has 2 nitrogen and oxygen atoms in total. The van der Waals surface area contributed by atoms with Gasteiger partial charge in [0.2, 0.25) is 0 Å². The lowest BCUT2D eigenvalue weighted by Gasteiger charge is -1.97. The summed E-state index contributed by atoms with van der Waals surface area (Å²) in [7, 11) is 0. The molecule has 11 heavy (non-hydrogen) atoms. The molecule has 0 unspecified atom stereocenters. The van der Waals surface area contributed by atoms with Crippen LogP contribution in [0.2, 0.25) is 5.02 Å². The van der Waals surface area contributed by atoms with Crippen LogP contribution in [0.15, 0.2) is 23.3 Å². The number of nitrogens with two attached hydrogens (primary N) is 1. The molecule has 0 saturated carbocycles. The fourth-order valence-corrected chi connectivity index (χ4v) is 1.10. The van der Waals surface area contributed by atoms with E-state index < -0.39 is 0 Å². The zero-order valence-electron chi connectivity index (χ0n) is 6.21. The van der Waals surface area contributed by atoms with E-state index in [2.05, 4.69) is 5.10 Å². The molecule has 0 bridgehead atoms. The molecule has 3 heteroatoms. The summed E-state index contributed by atoms with van der Waals surface area (Å²) in [5.41, 5.74) is 1.98. The van der Waals surface area contributed by atoms with Gasteiger partial charge in [0.15, 0.2) is 0 Å². The summed E-state index contributed by atoms with van der Waals surface area (Å²) in [6.07, 6.45) is 1.53. The van der Waals surface area contributed by atoms with Gasteiger partial charge in [-0.15, -0.1) is 0 Å². The minimum Gasteiger partial charge on any atom is -0.323 e. The van der Waals surface area contributed by atoms with Gasteiger partial charge in [0, 0.05) is 10.6 Å². The van der Waals surface area contributed by atoms with Crippen molar-refractivity contribution in [2.45, 2.75) is 6.92 Å². The smallest absolute Gasteiger partial charge is 0.0553 e. The van der Waals surface area contributed by atoms with Crippen LogP contribution < -0.4 is 5.84 Å². The van der Waals surface area contributed by atoms with Crippen molar-refractivity contribution in [2.24, 2.45) is 10.9 Å². The summed E-state index contributed by atoms with van der Waals surface area (Å²) >= 11 is 5.86. The van der Waals surface area contributed by atoms with E-state index in [0.29, 0.717) is 5.02 Å². The fraction of sp³-hybridized carbons (Fsp3) is 0.125. The van der Waals surface area contributed by atoms with Gasteiger partial charge < -0.3 is 5.84 Å². The molecule has 0 aliphatic carbocycles. The van der Waals surface area contributed by atoms with Gasteiger partial charge >= 0.3 is 0 Å². The molecule has 1 aromatic rings. The highest BCUT2D eigenvalue weighted by molar-refractivity contribution is 6.33. The first-order valence-corrected chi connectivity index (χ1v) is 3.61. The number of hydrogen-bond acceptors (Lipinski definition) is 2. The zero-order valence-corrected chi connectivity index (χ0v) is 6.97. The zero-order chi connectivity index (χ0) is 8.27. The summed E-state index contributed by atoms with van der Waals surface area (Å²) in [5, 5.41) is 4.07. The van der Waals surface area contributed by atoms with Crippen molar-refractivity contribution in [1.82, 2.24) is 0 Å². The summed E-state index contributed by atoms with van der Waals surface area (Å²) in [6.45, 7) is 1.98. The largest absolute Gasteiger partial charge is 0.323 e. The van der Waals surface area contributed by atoms with Gasteiger partial charge in [-0.05, 0) is 18.6 Å². The first-order valence-electron chi connectivity index (χ1n) is 3.23. The maximum atomic E-state index is 5.86. The Labute approximate surface area is 70.7 Å². The van der Waals surface area contributed by atoms with Crippen LogP contribution in [0.3, 0.4) is 0 Å². The topological polar surface area (TPSA) is 38.4 Å². The van der Waals surface area contributed by atoms with Crippen LogP contribution in [0, 0.1) is 6.92 Å². The van der Waals surface area contributed by atoms with Gasteiger partial charge in [0.25, 0.3) is 0 Å². The molecule has 1 aromatic carbocycles. The van der Waals surface area contributed by atoms with Crippen LogP contribution in [0.25, 0.3) is 0 Å². The van der Waals surface area contributed by atoms with Gasteiger partial charge in [-0.25, -0.2) is 0 Å². The average molecular weight is 169 g/mol. The molecule has 0 heterocycles. The SMILES string of the molecule is Cc1ccc(C=NN)c(Cl)c1. The van der Waals surface area contributed by atoms with Crippen molar-refractivity contribution in [3.8, 4) is 0 Å². The third kappa shape index (κ3) is 1.95. The van der Waals surface area contributed by atoms with Gasteiger partial charge in [-0.2, -0.15) is 5.10 Å². The van der Waals surface area contributed by atoms with Crippen molar-refractivity contribution in [1.29, 1.82) is 0 Å². The predicted octanol–water partition coefficient (Wildman–Crippen LogP) is 1.94. The molecule has 0 aliphatic rings. The third-order valence-electron chi connectivity index (χ3n) is 1.37. The quantitative estimate of drug-likeness (QED) is 0.389. The number of halogens is 1. The molecule has 0 spiro atoms. The van der Waals surface area contributed by atoms with Crippen LogP contribution in [0.5, 0.6) is 0 Å². The van der Waals surface area contributed by atoms with Crippen molar-refractivity contribution < 1.29 is 0 Å². The van der Waals surface area contributed by atoms with Crippen molar-refractivity contribution in [2.75, 3.05) is 0 Å². The maximum absolute atomic E-state index is 5.86. The first kappa shape index (κ1) is 8.08. The number of benzene rings is 1. The minimum absolute atomic E-state index is 0.680. The molecule has 0 atom stereocenters. The number of aryl methyl sites for hydroxylation is 1. The molecule has 0 aromatic heterocycles. The van der Waals surface area contributed by atoms with Gasteiger partial charge in [0.05, 0.1) is 6.21 Å². The maximum Gasteiger partial charge on any atom is 0.0553 e. The predicted molar refractivity (Wildman–Crippen MR) is 48.0 cm³/mol. The Hall–Kier alpha value is -1.02. The van der Waals surface area contributed by atoms with Crippen molar-refractivity contribution in [3.63, 3.8) is 0 Å². The molecule has 2 N–H and O–H groups in total. The summed E-state index contributed by atoms with van der Waals surface area (Å²) in [5.74, 6) is 4.98. The number of hydrogen-bond donors (Lipinski definition) is 1. The second-order valence-electron chi connectivity index (χ2n) is 2.30. The van der Waals surface area contributed by atoms with Gasteiger partial charge in [0.1, 0.15) is 0 Å². The highest BCUT2D eigenvalue weighted by atomic mass is 35.5. The van der Waals surface area contributed by atoms with Gasteiger partial charge in [-0.3, -0.25) is 0 Å². The fourth-order valence-electron chi connectivity index (χ4n) is 0.817. The van der Waals surface area contributed by atoms with E-state index in [4.69, 9.17) is 17.4 Å². The molecule has 58 valence electrons. The highest BCUT2D eigenvalue weighted by Gasteiger charge is 1.95. The number of hydrazone groups is 1. The van der Waals surface area contributed by atoms with Gasteiger partial charge in [-0.1, -0.05) is 23.7 Å². The van der Waals surface area contributed by atoms with Crippen molar-refractivity contribution in [3.05, 3.63) is 34.3 Å². The summed E-state index contributed by atoms with van der Waals surface area (Å²) in [6, 6.07) is 5.72. The third-order valence-corrected chi connectivity index (χ3v) is 1.70. The Morgan fingerprint density at radius 2 is 2.27 bits per heavy atom. The molecule has 0 amide bonds. The van der Waals surface area contributed by atoms with E-state index in [1.165, 1.54) is 6.21 Å². The first-order chi connectivity index (χ1) is 5.24. The van der Waals surface area contributed by atoms with E-state index in [9.17, 15) is 0 Å². The normalized spacial score (nSPS) is 10.7. The number of rotatable bonds is 1. The van der Waals surface area contributed by atoms with E-state index in [-0.39, 0.29) is 0 Å². The Bertz CT molecular complexity index is 281. The molecule has 0 aliphatic heterocycles. The molecule has 1 rings (SSSR count). The lowest BCUT2D eigenvalue weighted by molar-refractivity contribution is 1.26. The lowest BCUT2D eigenvalue weighted by atomic mass is 10.2. The van der Waals surface area contributed by atoms with Crippen molar-refractivity contribution >= 4 is 17.8 Å². The standard InChI is InChI=1S/C8H9ClN2/c1-6-2-3-7(5-11-10)8(9)4-6/h2-5H,10H2,1H3. The van der Waals surface area contributed by atoms with E-state index in [1.54, 1.807) is 0 Å². The van der Waals surface area contributed by atoms with Crippen LogP contribution in [0.1, 0.15) is 11.1 Å². The lowest BCUT2D eigenvalue weighted by Crippen LogP contribution is -1.87. The van der Waals surface area contributed by atoms with E-state index in [1.807, 2.05) is 25.1 Å². The van der Waals surface area contributed by atoms with E-state index in [0.717, 1.165) is 11.1 Å². The number of nitrogens with zero attached hydrogens (tertiary/aromatic N) is 1. The molecular weight excluding hydrogens is 160 g/mol. The average Bonchev–Trinajstić information content (AvgIpc) is 1.95. The van der Waals surface area contributed by atoms with Crippen LogP contribution in [0.4, 0.5) is 0 Å². The highest BCUT2D eigenvalue weighted by Crippen LogP contribution is 2.15. The molecule has 0 fully saturated rings. The summed E-state index contributed by atoms with van der Waals surface area (Å²) in [4.78, 5) is 0. The minimum atomic E-state index is 0.680. The molecular formula is C8H9ClN2. The molecule has 0 saturated heterocycles. The Balaban J connectivity index is 3.09. The second kappa shape index (κ2) is 3.39. The Morgan fingerprint density at radius 3 is 2.82 bits per heavy atom.